The highest BCUT2D eigenvalue weighted by Gasteiger charge is 2.18. The van der Waals surface area contributed by atoms with Crippen LogP contribution in [0, 0.1) is 0 Å². The maximum absolute atomic E-state index is 12.2. The van der Waals surface area contributed by atoms with Crippen molar-refractivity contribution in [3.05, 3.63) is 33.9 Å². The zero-order valence-electron chi connectivity index (χ0n) is 11.3. The van der Waals surface area contributed by atoms with Crippen molar-refractivity contribution in [1.29, 1.82) is 0 Å². The Morgan fingerprint density at radius 1 is 1.24 bits per heavy atom. The fourth-order valence-corrected chi connectivity index (χ4v) is 3.93. The fourth-order valence-electron chi connectivity index (χ4n) is 2.94. The lowest BCUT2D eigenvalue weighted by Gasteiger charge is -2.29. The van der Waals surface area contributed by atoms with Gasteiger partial charge in [0.2, 0.25) is 0 Å². The fraction of sp³-hybridized carbons (Fsp3) is 0.267. The molecule has 0 amide bonds. The van der Waals surface area contributed by atoms with E-state index in [4.69, 9.17) is 0 Å². The first-order valence-corrected chi connectivity index (χ1v) is 7.84. The van der Waals surface area contributed by atoms with Gasteiger partial charge in [-0.25, -0.2) is 0 Å². The van der Waals surface area contributed by atoms with Crippen molar-refractivity contribution < 1.29 is 5.11 Å². The second kappa shape index (κ2) is 4.75. The van der Waals surface area contributed by atoms with E-state index in [2.05, 4.69) is 20.6 Å². The molecule has 2 aromatic heterocycles. The second-order valence-corrected chi connectivity index (χ2v) is 6.13. The van der Waals surface area contributed by atoms with Crippen molar-refractivity contribution in [2.24, 2.45) is 0 Å². The van der Waals surface area contributed by atoms with E-state index in [1.807, 2.05) is 0 Å². The number of nitrogens with one attached hydrogen (secondary N) is 2. The second-order valence-electron chi connectivity index (χ2n) is 5.25. The van der Waals surface area contributed by atoms with Crippen LogP contribution in [0.2, 0.25) is 0 Å². The Kier molecular flexibility index (Phi) is 2.87. The smallest absolute Gasteiger partial charge is 0.266 e. The third-order valence-corrected chi connectivity index (χ3v) is 4.92. The number of nitrogens with zero attached hydrogens (tertiary/aromatic N) is 1. The Balaban J connectivity index is 2.05. The molecular formula is C15H15N3O2S. The summed E-state index contributed by atoms with van der Waals surface area (Å²) in [5.41, 5.74) is 1.80. The molecule has 1 aliphatic heterocycles. The lowest BCUT2D eigenvalue weighted by atomic mass is 10.1. The molecular weight excluding hydrogens is 286 g/mol. The van der Waals surface area contributed by atoms with Gasteiger partial charge in [0.15, 0.2) is 0 Å². The first kappa shape index (κ1) is 12.7. The van der Waals surface area contributed by atoms with Gasteiger partial charge >= 0.3 is 0 Å². The van der Waals surface area contributed by atoms with E-state index in [-0.39, 0.29) is 11.3 Å². The van der Waals surface area contributed by atoms with E-state index < -0.39 is 0 Å². The number of phenolic OH excluding ortho intramolecular Hbond substituents is 1. The minimum absolute atomic E-state index is 0.0606. The monoisotopic (exact) mass is 301 g/mol. The van der Waals surface area contributed by atoms with Crippen LogP contribution in [0.4, 0.5) is 5.69 Å². The summed E-state index contributed by atoms with van der Waals surface area (Å²) in [4.78, 5) is 17.4. The summed E-state index contributed by atoms with van der Waals surface area (Å²) in [6, 6.07) is 5.08. The number of fused-ring (bicyclic) bond motifs is 3. The number of anilines is 1. The molecule has 3 heterocycles. The Bertz CT molecular complexity index is 878. The van der Waals surface area contributed by atoms with Gasteiger partial charge in [-0.3, -0.25) is 4.79 Å². The maximum atomic E-state index is 12.2. The van der Waals surface area contributed by atoms with Crippen LogP contribution < -0.4 is 15.8 Å². The highest BCUT2D eigenvalue weighted by Crippen LogP contribution is 2.36. The van der Waals surface area contributed by atoms with Gasteiger partial charge in [0.25, 0.3) is 5.56 Å². The Morgan fingerprint density at radius 3 is 2.86 bits per heavy atom. The summed E-state index contributed by atoms with van der Waals surface area (Å²) in [5.74, 6) is 0.216. The zero-order chi connectivity index (χ0) is 14.4. The lowest BCUT2D eigenvalue weighted by Crippen LogP contribution is -2.43. The van der Waals surface area contributed by atoms with Gasteiger partial charge in [-0.15, -0.1) is 11.3 Å². The first-order valence-electron chi connectivity index (χ1n) is 6.96. The van der Waals surface area contributed by atoms with E-state index in [0.29, 0.717) is 0 Å². The van der Waals surface area contributed by atoms with E-state index in [9.17, 15) is 9.90 Å². The zero-order valence-corrected chi connectivity index (χ0v) is 12.2. The normalized spacial score (nSPS) is 15.9. The molecule has 0 bridgehead atoms. The predicted molar refractivity (Wildman–Crippen MR) is 86.7 cm³/mol. The summed E-state index contributed by atoms with van der Waals surface area (Å²) < 4.78 is 0.724. The number of hydrogen-bond acceptors (Lipinski definition) is 5. The predicted octanol–water partition coefficient (Wildman–Crippen LogP) is 1.86. The number of rotatable bonds is 1. The number of aromatic hydroxyl groups is 1. The average Bonchev–Trinajstić information content (AvgIpc) is 2.95. The van der Waals surface area contributed by atoms with Gasteiger partial charge in [0.05, 0.1) is 5.69 Å². The molecule has 5 nitrogen and oxygen atoms in total. The van der Waals surface area contributed by atoms with Gasteiger partial charge in [-0.2, -0.15) is 0 Å². The SMILES string of the molecule is O=c1[nH]c2ccc(O)cc2c2c(N3CCNCC3)csc12. The Labute approximate surface area is 124 Å². The minimum Gasteiger partial charge on any atom is -0.508 e. The number of thiophene rings is 1. The van der Waals surface area contributed by atoms with Crippen molar-refractivity contribution in [3.63, 3.8) is 0 Å². The van der Waals surface area contributed by atoms with Crippen molar-refractivity contribution in [3.8, 4) is 5.75 Å². The van der Waals surface area contributed by atoms with Crippen molar-refractivity contribution in [2.75, 3.05) is 31.1 Å². The van der Waals surface area contributed by atoms with Gasteiger partial charge in [0, 0.05) is 47.8 Å². The molecule has 4 rings (SSSR count). The molecule has 1 aromatic carbocycles. The van der Waals surface area contributed by atoms with Gasteiger partial charge in [0.1, 0.15) is 10.4 Å². The van der Waals surface area contributed by atoms with Crippen LogP contribution in [0.15, 0.2) is 28.4 Å². The van der Waals surface area contributed by atoms with Crippen LogP contribution in [0.25, 0.3) is 21.0 Å². The molecule has 0 radical (unpaired) electrons. The third-order valence-electron chi connectivity index (χ3n) is 3.96. The van der Waals surface area contributed by atoms with Gasteiger partial charge < -0.3 is 20.3 Å². The molecule has 0 aliphatic carbocycles. The lowest BCUT2D eigenvalue weighted by molar-refractivity contribution is 0.476. The first-order chi connectivity index (χ1) is 10.2. The molecule has 21 heavy (non-hydrogen) atoms. The number of phenols is 1. The summed E-state index contributed by atoms with van der Waals surface area (Å²) in [6.07, 6.45) is 0. The van der Waals surface area contributed by atoms with Crippen LogP contribution in [-0.4, -0.2) is 36.3 Å². The Hall–Kier alpha value is -2.05. The van der Waals surface area contributed by atoms with E-state index in [1.54, 1.807) is 18.2 Å². The molecule has 0 atom stereocenters. The summed E-state index contributed by atoms with van der Waals surface area (Å²) in [6.45, 7) is 3.76. The quantitative estimate of drug-likeness (QED) is 0.642. The third kappa shape index (κ3) is 1.99. The molecule has 6 heteroatoms. The standard InChI is InChI=1S/C15H15N3O2S/c19-9-1-2-11-10(7-9)13-12(18-5-3-16-4-6-18)8-21-14(13)15(20)17-11/h1-2,7-8,16,19H,3-6H2,(H,17,20). The number of aromatic amines is 1. The minimum atomic E-state index is -0.0606. The van der Waals surface area contributed by atoms with Crippen molar-refractivity contribution in [2.45, 2.75) is 0 Å². The molecule has 1 fully saturated rings. The highest BCUT2D eigenvalue weighted by atomic mass is 32.1. The summed E-state index contributed by atoms with van der Waals surface area (Å²) in [5, 5.41) is 17.0. The van der Waals surface area contributed by atoms with Crippen LogP contribution in [0.1, 0.15) is 0 Å². The maximum Gasteiger partial charge on any atom is 0.266 e. The van der Waals surface area contributed by atoms with Gasteiger partial charge in [-0.05, 0) is 18.2 Å². The molecule has 0 spiro atoms. The largest absolute Gasteiger partial charge is 0.508 e. The number of hydrogen-bond donors (Lipinski definition) is 3. The topological polar surface area (TPSA) is 68.4 Å². The van der Waals surface area contributed by atoms with Crippen LogP contribution in [0.5, 0.6) is 5.75 Å². The number of H-pyrrole nitrogens is 1. The molecule has 108 valence electrons. The van der Waals surface area contributed by atoms with Crippen molar-refractivity contribution in [1.82, 2.24) is 10.3 Å². The average molecular weight is 301 g/mol. The van der Waals surface area contributed by atoms with Crippen LogP contribution in [-0.2, 0) is 0 Å². The summed E-state index contributed by atoms with van der Waals surface area (Å²) in [7, 11) is 0. The summed E-state index contributed by atoms with van der Waals surface area (Å²) >= 11 is 1.47. The number of aromatic nitrogens is 1. The highest BCUT2D eigenvalue weighted by molar-refractivity contribution is 7.18. The molecule has 0 unspecified atom stereocenters. The van der Waals surface area contributed by atoms with Crippen LogP contribution >= 0.6 is 11.3 Å². The number of pyridine rings is 1. The van der Waals surface area contributed by atoms with E-state index in [0.717, 1.165) is 52.9 Å². The van der Waals surface area contributed by atoms with E-state index in [1.165, 1.54) is 11.3 Å². The molecule has 0 saturated carbocycles. The molecule has 1 aliphatic rings. The van der Waals surface area contributed by atoms with E-state index >= 15 is 0 Å². The number of piperazine rings is 1. The molecule has 3 N–H and O–H groups in total. The van der Waals surface area contributed by atoms with Crippen LogP contribution in [0.3, 0.4) is 0 Å². The molecule has 3 aromatic rings. The van der Waals surface area contributed by atoms with Crippen molar-refractivity contribution >= 4 is 38.0 Å². The van der Waals surface area contributed by atoms with Gasteiger partial charge in [-0.1, -0.05) is 0 Å². The molecule has 1 saturated heterocycles. The Morgan fingerprint density at radius 2 is 2.05 bits per heavy atom. The number of benzene rings is 1.